The average Bonchev–Trinajstić information content (AvgIpc) is 2.47. The summed E-state index contributed by atoms with van der Waals surface area (Å²) in [5, 5.41) is 2.76. The van der Waals surface area contributed by atoms with Gasteiger partial charge in [-0.25, -0.2) is 4.79 Å². The third-order valence-electron chi connectivity index (χ3n) is 3.11. The molecule has 1 atom stereocenters. The van der Waals surface area contributed by atoms with Crippen molar-refractivity contribution in [3.05, 3.63) is 35.9 Å². The molecule has 0 saturated heterocycles. The minimum Gasteiger partial charge on any atom is -0.467 e. The van der Waals surface area contributed by atoms with Gasteiger partial charge in [-0.15, -0.1) is 0 Å². The Morgan fingerprint density at radius 3 is 2.50 bits per heavy atom. The molecule has 0 saturated carbocycles. The maximum absolute atomic E-state index is 11.8. The van der Waals surface area contributed by atoms with Gasteiger partial charge in [-0.05, 0) is 12.0 Å². The first-order valence-electron chi connectivity index (χ1n) is 7.08. The lowest BCUT2D eigenvalue weighted by atomic mass is 10.1. The summed E-state index contributed by atoms with van der Waals surface area (Å²) in [6.07, 6.45) is 3.84. The van der Waals surface area contributed by atoms with E-state index in [-0.39, 0.29) is 5.91 Å². The third kappa shape index (κ3) is 5.87. The molecule has 0 aliphatic carbocycles. The molecule has 1 rings (SSSR count). The average molecular weight is 277 g/mol. The van der Waals surface area contributed by atoms with E-state index in [4.69, 9.17) is 4.74 Å². The Morgan fingerprint density at radius 1 is 1.20 bits per heavy atom. The van der Waals surface area contributed by atoms with Crippen LogP contribution in [0, 0.1) is 0 Å². The number of hydrogen-bond acceptors (Lipinski definition) is 3. The quantitative estimate of drug-likeness (QED) is 0.586. The summed E-state index contributed by atoms with van der Waals surface area (Å²) in [5.74, 6) is -0.498. The zero-order chi connectivity index (χ0) is 14.8. The van der Waals surface area contributed by atoms with E-state index in [0.717, 1.165) is 24.8 Å². The number of ether oxygens (including phenoxy) is 1. The van der Waals surface area contributed by atoms with Crippen LogP contribution in [0.1, 0.15) is 38.2 Å². The van der Waals surface area contributed by atoms with Crippen LogP contribution in [0.5, 0.6) is 0 Å². The standard InChI is InChI=1S/C16H23NO3/c1-3-4-6-11-15(18)17-14(16(19)20-2)12-13-9-7-5-8-10-13/h5,7-10,14H,3-4,6,11-12H2,1-2H3,(H,17,18). The largest absolute Gasteiger partial charge is 0.467 e. The van der Waals surface area contributed by atoms with Crippen molar-refractivity contribution in [2.45, 2.75) is 45.1 Å². The van der Waals surface area contributed by atoms with Crippen LogP contribution in [0.15, 0.2) is 30.3 Å². The maximum Gasteiger partial charge on any atom is 0.328 e. The van der Waals surface area contributed by atoms with Gasteiger partial charge in [0.25, 0.3) is 0 Å². The van der Waals surface area contributed by atoms with Crippen LogP contribution in [0.3, 0.4) is 0 Å². The molecule has 1 unspecified atom stereocenters. The molecule has 4 heteroatoms. The van der Waals surface area contributed by atoms with E-state index < -0.39 is 12.0 Å². The maximum atomic E-state index is 11.8. The van der Waals surface area contributed by atoms with E-state index in [1.165, 1.54) is 7.11 Å². The zero-order valence-corrected chi connectivity index (χ0v) is 12.2. The molecule has 0 fully saturated rings. The Bertz CT molecular complexity index is 417. The molecule has 110 valence electrons. The van der Waals surface area contributed by atoms with Gasteiger partial charge < -0.3 is 10.1 Å². The van der Waals surface area contributed by atoms with Crippen molar-refractivity contribution >= 4 is 11.9 Å². The van der Waals surface area contributed by atoms with Gasteiger partial charge in [-0.3, -0.25) is 4.79 Å². The molecule has 1 N–H and O–H groups in total. The number of rotatable bonds is 8. The summed E-state index contributed by atoms with van der Waals surface area (Å²) < 4.78 is 4.76. The van der Waals surface area contributed by atoms with Gasteiger partial charge in [-0.2, -0.15) is 0 Å². The highest BCUT2D eigenvalue weighted by Gasteiger charge is 2.21. The summed E-state index contributed by atoms with van der Waals surface area (Å²) in [4.78, 5) is 23.6. The molecule has 0 heterocycles. The highest BCUT2D eigenvalue weighted by molar-refractivity contribution is 5.84. The van der Waals surface area contributed by atoms with Gasteiger partial charge in [0.15, 0.2) is 0 Å². The van der Waals surface area contributed by atoms with Gasteiger partial charge in [0, 0.05) is 12.8 Å². The van der Waals surface area contributed by atoms with Gasteiger partial charge in [0.1, 0.15) is 6.04 Å². The Balaban J connectivity index is 2.56. The van der Waals surface area contributed by atoms with Crippen LogP contribution in [0.25, 0.3) is 0 Å². The van der Waals surface area contributed by atoms with Crippen LogP contribution in [0.2, 0.25) is 0 Å². The first kappa shape index (κ1) is 16.2. The summed E-state index contributed by atoms with van der Waals surface area (Å²) in [5.41, 5.74) is 0.997. The molecule has 1 amide bonds. The molecule has 0 bridgehead atoms. The molecular weight excluding hydrogens is 254 g/mol. The normalized spacial score (nSPS) is 11.7. The lowest BCUT2D eigenvalue weighted by molar-refractivity contribution is -0.145. The Labute approximate surface area is 120 Å². The third-order valence-corrected chi connectivity index (χ3v) is 3.11. The number of nitrogens with one attached hydrogen (secondary N) is 1. The number of unbranched alkanes of at least 4 members (excludes halogenated alkanes) is 2. The van der Waals surface area contributed by atoms with Crippen molar-refractivity contribution in [2.75, 3.05) is 7.11 Å². The van der Waals surface area contributed by atoms with Crippen molar-refractivity contribution in [1.29, 1.82) is 0 Å². The predicted molar refractivity (Wildman–Crippen MR) is 78.2 cm³/mol. The van der Waals surface area contributed by atoms with Crippen LogP contribution >= 0.6 is 0 Å². The highest BCUT2D eigenvalue weighted by atomic mass is 16.5. The fourth-order valence-electron chi connectivity index (χ4n) is 1.99. The Kier molecular flexibility index (Phi) is 7.40. The van der Waals surface area contributed by atoms with E-state index in [1.54, 1.807) is 0 Å². The second-order valence-corrected chi connectivity index (χ2v) is 4.79. The molecule has 4 nitrogen and oxygen atoms in total. The van der Waals surface area contributed by atoms with Crippen molar-refractivity contribution in [3.63, 3.8) is 0 Å². The first-order chi connectivity index (χ1) is 9.67. The molecule has 1 aromatic carbocycles. The second kappa shape index (κ2) is 9.13. The number of esters is 1. The molecule has 0 aliphatic rings. The van der Waals surface area contributed by atoms with E-state index in [1.807, 2.05) is 30.3 Å². The minimum absolute atomic E-state index is 0.0928. The number of amides is 1. The predicted octanol–water partition coefficient (Wildman–Crippen LogP) is 2.47. The van der Waals surface area contributed by atoms with E-state index in [9.17, 15) is 9.59 Å². The molecule has 20 heavy (non-hydrogen) atoms. The number of hydrogen-bond donors (Lipinski definition) is 1. The molecular formula is C16H23NO3. The van der Waals surface area contributed by atoms with Crippen LogP contribution in [-0.4, -0.2) is 25.0 Å². The number of carbonyl (C=O) groups is 2. The first-order valence-corrected chi connectivity index (χ1v) is 7.08. The van der Waals surface area contributed by atoms with Gasteiger partial charge in [-0.1, -0.05) is 50.1 Å². The van der Waals surface area contributed by atoms with Crippen LogP contribution < -0.4 is 5.32 Å². The fraction of sp³-hybridized carbons (Fsp3) is 0.500. The fourth-order valence-corrected chi connectivity index (χ4v) is 1.99. The molecule has 0 aliphatic heterocycles. The highest BCUT2D eigenvalue weighted by Crippen LogP contribution is 2.06. The molecule has 0 spiro atoms. The van der Waals surface area contributed by atoms with Crippen molar-refractivity contribution in [3.8, 4) is 0 Å². The van der Waals surface area contributed by atoms with E-state index in [2.05, 4.69) is 12.2 Å². The van der Waals surface area contributed by atoms with Gasteiger partial charge in [0.05, 0.1) is 7.11 Å². The number of benzene rings is 1. The molecule has 1 aromatic rings. The van der Waals surface area contributed by atoms with Crippen molar-refractivity contribution in [1.82, 2.24) is 5.32 Å². The van der Waals surface area contributed by atoms with E-state index >= 15 is 0 Å². The van der Waals surface area contributed by atoms with Crippen molar-refractivity contribution in [2.24, 2.45) is 0 Å². The SMILES string of the molecule is CCCCCC(=O)NC(Cc1ccccc1)C(=O)OC. The molecule has 0 aromatic heterocycles. The summed E-state index contributed by atoms with van der Waals surface area (Å²) in [6, 6.07) is 8.98. The second-order valence-electron chi connectivity index (χ2n) is 4.79. The number of carbonyl (C=O) groups excluding carboxylic acids is 2. The van der Waals surface area contributed by atoms with Gasteiger partial charge in [0.2, 0.25) is 5.91 Å². The van der Waals surface area contributed by atoms with Crippen LogP contribution in [-0.2, 0) is 20.7 Å². The van der Waals surface area contributed by atoms with Crippen molar-refractivity contribution < 1.29 is 14.3 Å². The Morgan fingerprint density at radius 2 is 1.90 bits per heavy atom. The smallest absolute Gasteiger partial charge is 0.328 e. The summed E-state index contributed by atoms with van der Waals surface area (Å²) >= 11 is 0. The summed E-state index contributed by atoms with van der Waals surface area (Å²) in [7, 11) is 1.34. The lowest BCUT2D eigenvalue weighted by Gasteiger charge is -2.16. The zero-order valence-electron chi connectivity index (χ0n) is 12.2. The van der Waals surface area contributed by atoms with E-state index in [0.29, 0.717) is 12.8 Å². The Hall–Kier alpha value is -1.84. The monoisotopic (exact) mass is 277 g/mol. The lowest BCUT2D eigenvalue weighted by Crippen LogP contribution is -2.43. The van der Waals surface area contributed by atoms with Gasteiger partial charge >= 0.3 is 5.97 Å². The minimum atomic E-state index is -0.614. The topological polar surface area (TPSA) is 55.4 Å². The molecule has 0 radical (unpaired) electrons. The summed E-state index contributed by atoms with van der Waals surface area (Å²) in [6.45, 7) is 2.09. The number of methoxy groups -OCH3 is 1. The van der Waals surface area contributed by atoms with Crippen LogP contribution in [0.4, 0.5) is 0 Å².